The predicted molar refractivity (Wildman–Crippen MR) is 96.2 cm³/mol. The highest BCUT2D eigenvalue weighted by Gasteiger charge is 2.30. The van der Waals surface area contributed by atoms with Gasteiger partial charge in [0, 0.05) is 18.7 Å². The highest BCUT2D eigenvalue weighted by Crippen LogP contribution is 2.23. The third-order valence-electron chi connectivity index (χ3n) is 4.88. The Bertz CT molecular complexity index is 912. The van der Waals surface area contributed by atoms with E-state index in [0.29, 0.717) is 24.6 Å². The van der Waals surface area contributed by atoms with Crippen LogP contribution in [0.15, 0.2) is 27.8 Å². The lowest BCUT2D eigenvalue weighted by atomic mass is 9.99. The van der Waals surface area contributed by atoms with Crippen molar-refractivity contribution in [3.8, 4) is 11.5 Å². The van der Waals surface area contributed by atoms with E-state index in [-0.39, 0.29) is 5.89 Å². The summed E-state index contributed by atoms with van der Waals surface area (Å²) in [5.41, 5.74) is 2.81. The van der Waals surface area contributed by atoms with E-state index < -0.39 is 26.7 Å². The molecular weight excluding hydrogens is 354 g/mol. The van der Waals surface area contributed by atoms with Crippen molar-refractivity contribution < 1.29 is 17.6 Å². The molecule has 0 unspecified atom stereocenters. The van der Waals surface area contributed by atoms with E-state index in [0.717, 1.165) is 24.0 Å². The molecule has 1 aliphatic heterocycles. The zero-order chi connectivity index (χ0) is 18.9. The molecule has 2 aromatic rings. The number of likely N-dealkylation sites (tertiary alicyclic amines) is 1. The first kappa shape index (κ1) is 18.6. The van der Waals surface area contributed by atoms with Gasteiger partial charge in [0.25, 0.3) is 0 Å². The van der Waals surface area contributed by atoms with Gasteiger partial charge in [0.05, 0.1) is 0 Å². The lowest BCUT2D eigenvalue weighted by Crippen LogP contribution is -2.41. The van der Waals surface area contributed by atoms with Gasteiger partial charge in [-0.25, -0.2) is 8.42 Å². The zero-order valence-electron chi connectivity index (χ0n) is 15.2. The molecule has 8 heteroatoms. The van der Waals surface area contributed by atoms with Crippen molar-refractivity contribution in [3.05, 3.63) is 29.3 Å². The normalized spacial score (nSPS) is 16.0. The molecule has 0 bridgehead atoms. The summed E-state index contributed by atoms with van der Waals surface area (Å²) < 4.78 is 30.3. The lowest BCUT2D eigenvalue weighted by molar-refractivity contribution is -0.129. The fourth-order valence-electron chi connectivity index (χ4n) is 2.90. The minimum Gasteiger partial charge on any atom is -0.408 e. The van der Waals surface area contributed by atoms with Gasteiger partial charge in [0.15, 0.2) is 0 Å². The number of rotatable bonds is 4. The first-order valence-corrected chi connectivity index (χ1v) is 10.3. The molecule has 0 N–H and O–H groups in total. The van der Waals surface area contributed by atoms with E-state index in [1.54, 1.807) is 11.0 Å². The molecule has 1 fully saturated rings. The van der Waals surface area contributed by atoms with Crippen molar-refractivity contribution >= 4 is 15.7 Å². The Balaban J connectivity index is 1.74. The van der Waals surface area contributed by atoms with E-state index in [4.69, 9.17) is 4.42 Å². The van der Waals surface area contributed by atoms with Crippen LogP contribution in [0.25, 0.3) is 11.5 Å². The Labute approximate surface area is 153 Å². The summed E-state index contributed by atoms with van der Waals surface area (Å²) in [6.45, 7) is 7.24. The standard InChI is InChI=1S/C18H23N3O4S/c1-12-6-8-21(9-7-12)16(22)11-26(23,24)18-20-19-17(25-18)15-5-4-13(2)14(3)10-15/h4-5,10,12H,6-9,11H2,1-3H3. The van der Waals surface area contributed by atoms with E-state index in [1.807, 2.05) is 26.0 Å². The van der Waals surface area contributed by atoms with Crippen LogP contribution >= 0.6 is 0 Å². The molecule has 0 saturated carbocycles. The topological polar surface area (TPSA) is 93.4 Å². The molecule has 0 spiro atoms. The van der Waals surface area contributed by atoms with Gasteiger partial charge >= 0.3 is 5.22 Å². The number of piperidine rings is 1. The highest BCUT2D eigenvalue weighted by molar-refractivity contribution is 7.91. The molecule has 0 aliphatic carbocycles. The Kier molecular flexibility index (Phi) is 5.13. The number of sulfone groups is 1. The predicted octanol–water partition coefficient (Wildman–Crippen LogP) is 2.39. The van der Waals surface area contributed by atoms with Gasteiger partial charge in [0.1, 0.15) is 5.75 Å². The molecule has 7 nitrogen and oxygen atoms in total. The quantitative estimate of drug-likeness (QED) is 0.812. The summed E-state index contributed by atoms with van der Waals surface area (Å²) in [7, 11) is -3.96. The molecule has 1 aliphatic rings. The van der Waals surface area contributed by atoms with Crippen LogP contribution in [-0.2, 0) is 14.6 Å². The van der Waals surface area contributed by atoms with Crippen LogP contribution in [0, 0.1) is 19.8 Å². The molecule has 1 saturated heterocycles. The second kappa shape index (κ2) is 7.19. The van der Waals surface area contributed by atoms with Gasteiger partial charge in [-0.2, -0.15) is 0 Å². The van der Waals surface area contributed by atoms with Crippen LogP contribution in [-0.4, -0.2) is 48.3 Å². The van der Waals surface area contributed by atoms with Gasteiger partial charge in [-0.3, -0.25) is 4.79 Å². The number of amides is 1. The van der Waals surface area contributed by atoms with E-state index in [9.17, 15) is 13.2 Å². The smallest absolute Gasteiger partial charge is 0.336 e. The minimum absolute atomic E-state index is 0.130. The number of aromatic nitrogens is 2. The van der Waals surface area contributed by atoms with Crippen molar-refractivity contribution in [1.29, 1.82) is 0 Å². The number of hydrogen-bond donors (Lipinski definition) is 0. The summed E-state index contributed by atoms with van der Waals surface area (Å²) in [6.07, 6.45) is 1.78. The second-order valence-corrected chi connectivity index (χ2v) is 8.86. The number of benzene rings is 1. The second-order valence-electron chi connectivity index (χ2n) is 6.99. The molecule has 1 amide bonds. The third kappa shape index (κ3) is 3.95. The molecule has 1 aromatic heterocycles. The number of nitrogens with zero attached hydrogens (tertiary/aromatic N) is 3. The van der Waals surface area contributed by atoms with Gasteiger partial charge < -0.3 is 9.32 Å². The van der Waals surface area contributed by atoms with Crippen molar-refractivity contribution in [1.82, 2.24) is 15.1 Å². The highest BCUT2D eigenvalue weighted by atomic mass is 32.2. The van der Waals surface area contributed by atoms with E-state index >= 15 is 0 Å². The third-order valence-corrected chi connectivity index (χ3v) is 6.20. The largest absolute Gasteiger partial charge is 0.408 e. The van der Waals surface area contributed by atoms with Crippen molar-refractivity contribution in [2.75, 3.05) is 18.8 Å². The van der Waals surface area contributed by atoms with Gasteiger partial charge in [-0.1, -0.05) is 18.1 Å². The Morgan fingerprint density at radius 2 is 1.88 bits per heavy atom. The number of hydrogen-bond acceptors (Lipinski definition) is 6. The molecule has 1 aromatic carbocycles. The first-order chi connectivity index (χ1) is 12.3. The number of aryl methyl sites for hydroxylation is 2. The minimum atomic E-state index is -3.96. The SMILES string of the molecule is Cc1ccc(-c2nnc(S(=O)(=O)CC(=O)N3CCC(C)CC3)o2)cc1C. The average Bonchev–Trinajstić information content (AvgIpc) is 3.08. The summed E-state index contributed by atoms with van der Waals surface area (Å²) in [5.74, 6) is -0.364. The maximum absolute atomic E-state index is 12.5. The van der Waals surface area contributed by atoms with Crippen LogP contribution in [0.4, 0.5) is 0 Å². The van der Waals surface area contributed by atoms with Crippen LogP contribution in [0.2, 0.25) is 0 Å². The van der Waals surface area contributed by atoms with Crippen LogP contribution < -0.4 is 0 Å². The van der Waals surface area contributed by atoms with Crippen LogP contribution in [0.3, 0.4) is 0 Å². The molecule has 0 radical (unpaired) electrons. The maximum atomic E-state index is 12.5. The fraction of sp³-hybridized carbons (Fsp3) is 0.500. The van der Waals surface area contributed by atoms with Crippen molar-refractivity contribution in [2.24, 2.45) is 5.92 Å². The summed E-state index contributed by atoms with van der Waals surface area (Å²) >= 11 is 0. The molecule has 2 heterocycles. The number of carbonyl (C=O) groups excluding carboxylic acids is 1. The monoisotopic (exact) mass is 377 g/mol. The molecule has 3 rings (SSSR count). The van der Waals surface area contributed by atoms with Crippen LogP contribution in [0.1, 0.15) is 30.9 Å². The summed E-state index contributed by atoms with van der Waals surface area (Å²) in [4.78, 5) is 13.9. The average molecular weight is 377 g/mol. The van der Waals surface area contributed by atoms with E-state index in [1.165, 1.54) is 0 Å². The van der Waals surface area contributed by atoms with E-state index in [2.05, 4.69) is 17.1 Å². The Morgan fingerprint density at radius 3 is 2.54 bits per heavy atom. The zero-order valence-corrected chi connectivity index (χ0v) is 16.0. The number of carbonyl (C=O) groups is 1. The first-order valence-electron chi connectivity index (χ1n) is 8.68. The van der Waals surface area contributed by atoms with Crippen LogP contribution in [0.5, 0.6) is 0 Å². The Hall–Kier alpha value is -2.22. The Morgan fingerprint density at radius 1 is 1.19 bits per heavy atom. The summed E-state index contributed by atoms with van der Waals surface area (Å²) in [6, 6.07) is 5.56. The maximum Gasteiger partial charge on any atom is 0.336 e. The molecular formula is C18H23N3O4S. The van der Waals surface area contributed by atoms with Gasteiger partial charge in [0.2, 0.25) is 21.6 Å². The lowest BCUT2D eigenvalue weighted by Gasteiger charge is -2.30. The molecule has 0 atom stereocenters. The summed E-state index contributed by atoms with van der Waals surface area (Å²) in [5, 5.41) is 6.97. The van der Waals surface area contributed by atoms with Crippen molar-refractivity contribution in [2.45, 2.75) is 38.8 Å². The van der Waals surface area contributed by atoms with Gasteiger partial charge in [-0.05, 0) is 55.9 Å². The molecule has 26 heavy (non-hydrogen) atoms. The van der Waals surface area contributed by atoms with Gasteiger partial charge in [-0.15, -0.1) is 5.10 Å². The van der Waals surface area contributed by atoms with Crippen molar-refractivity contribution in [3.63, 3.8) is 0 Å². The fourth-order valence-corrected chi connectivity index (χ4v) is 3.90. The molecule has 140 valence electrons.